The lowest BCUT2D eigenvalue weighted by molar-refractivity contribution is -0.148. The van der Waals surface area contributed by atoms with Crippen LogP contribution in [0.25, 0.3) is 11.5 Å². The highest BCUT2D eigenvalue weighted by Crippen LogP contribution is 2.24. The molecule has 0 aliphatic heterocycles. The summed E-state index contributed by atoms with van der Waals surface area (Å²) in [6, 6.07) is 11.2. The second-order valence-electron chi connectivity index (χ2n) is 7.78. The largest absolute Gasteiger partial charge is 0.497 e. The summed E-state index contributed by atoms with van der Waals surface area (Å²) in [6.45, 7) is 3.54. The number of hydrogen-bond donors (Lipinski definition) is 1. The first-order valence-electron chi connectivity index (χ1n) is 10.6. The molecule has 0 saturated heterocycles. The van der Waals surface area contributed by atoms with Crippen LogP contribution in [-0.2, 0) is 16.1 Å². The van der Waals surface area contributed by atoms with Crippen molar-refractivity contribution in [3.63, 3.8) is 0 Å². The molecule has 0 aliphatic rings. The standard InChI is InChI=1S/C25H28N2O7/c1-15(2)22(27-23(28)17-10-20(31-4)12-21(11-17)32-5)25(29)34-14-18-13-33-24(26-18)16-6-8-19(30-3)9-7-16/h6-13,15,22H,14H2,1-5H3,(H,27,28)/t22-/m0/s1. The van der Waals surface area contributed by atoms with E-state index in [1.54, 1.807) is 37.4 Å². The highest BCUT2D eigenvalue weighted by molar-refractivity contribution is 5.97. The van der Waals surface area contributed by atoms with E-state index in [2.05, 4.69) is 10.3 Å². The minimum Gasteiger partial charge on any atom is -0.497 e. The van der Waals surface area contributed by atoms with Gasteiger partial charge in [-0.05, 0) is 42.3 Å². The van der Waals surface area contributed by atoms with Gasteiger partial charge >= 0.3 is 5.97 Å². The van der Waals surface area contributed by atoms with Crippen molar-refractivity contribution >= 4 is 11.9 Å². The van der Waals surface area contributed by atoms with Crippen molar-refractivity contribution in [2.24, 2.45) is 5.92 Å². The number of methoxy groups -OCH3 is 3. The zero-order valence-corrected chi connectivity index (χ0v) is 19.8. The van der Waals surface area contributed by atoms with Gasteiger partial charge in [0.25, 0.3) is 5.91 Å². The van der Waals surface area contributed by atoms with Crippen molar-refractivity contribution in [3.05, 3.63) is 60.0 Å². The lowest BCUT2D eigenvalue weighted by Crippen LogP contribution is -2.45. The molecule has 1 amide bonds. The number of carbonyl (C=O) groups is 2. The van der Waals surface area contributed by atoms with E-state index in [-0.39, 0.29) is 12.5 Å². The Kier molecular flexibility index (Phi) is 8.13. The van der Waals surface area contributed by atoms with Crippen LogP contribution in [0.5, 0.6) is 17.2 Å². The number of amides is 1. The van der Waals surface area contributed by atoms with Crippen LogP contribution in [0.3, 0.4) is 0 Å². The number of carbonyl (C=O) groups excluding carboxylic acids is 2. The number of rotatable bonds is 10. The molecule has 0 spiro atoms. The molecule has 3 rings (SSSR count). The molecule has 0 unspecified atom stereocenters. The smallest absolute Gasteiger partial charge is 0.329 e. The first kappa shape index (κ1) is 24.6. The molecule has 1 atom stereocenters. The van der Waals surface area contributed by atoms with Crippen LogP contribution in [0.15, 0.2) is 53.1 Å². The third-order valence-corrected chi connectivity index (χ3v) is 5.07. The van der Waals surface area contributed by atoms with E-state index in [1.165, 1.54) is 20.5 Å². The Balaban J connectivity index is 1.64. The summed E-state index contributed by atoms with van der Waals surface area (Å²) in [5.74, 6) is 0.811. The lowest BCUT2D eigenvalue weighted by Gasteiger charge is -2.21. The Morgan fingerprint density at radius 1 is 0.941 bits per heavy atom. The highest BCUT2D eigenvalue weighted by Gasteiger charge is 2.27. The molecule has 9 nitrogen and oxygen atoms in total. The summed E-state index contributed by atoms with van der Waals surface area (Å²) < 4.78 is 26.5. The molecule has 180 valence electrons. The van der Waals surface area contributed by atoms with E-state index in [9.17, 15) is 9.59 Å². The van der Waals surface area contributed by atoms with E-state index in [4.69, 9.17) is 23.4 Å². The van der Waals surface area contributed by atoms with Gasteiger partial charge in [0, 0.05) is 17.2 Å². The van der Waals surface area contributed by atoms with E-state index in [0.29, 0.717) is 28.6 Å². The number of benzene rings is 2. The Morgan fingerprint density at radius 3 is 2.12 bits per heavy atom. The maximum Gasteiger partial charge on any atom is 0.329 e. The van der Waals surface area contributed by atoms with E-state index in [1.807, 2.05) is 26.0 Å². The third kappa shape index (κ3) is 6.06. The zero-order valence-electron chi connectivity index (χ0n) is 19.8. The van der Waals surface area contributed by atoms with Gasteiger partial charge in [0.05, 0.1) is 21.3 Å². The fraction of sp³-hybridized carbons (Fsp3) is 0.320. The topological polar surface area (TPSA) is 109 Å². The van der Waals surface area contributed by atoms with Crippen LogP contribution in [0.1, 0.15) is 29.9 Å². The predicted octanol–water partition coefficient (Wildman–Crippen LogP) is 3.87. The maximum atomic E-state index is 12.8. The number of aromatic nitrogens is 1. The van der Waals surface area contributed by atoms with Gasteiger partial charge < -0.3 is 28.7 Å². The van der Waals surface area contributed by atoms with Gasteiger partial charge in [0.15, 0.2) is 0 Å². The molecule has 0 fully saturated rings. The Morgan fingerprint density at radius 2 is 1.56 bits per heavy atom. The fourth-order valence-electron chi connectivity index (χ4n) is 3.14. The molecule has 3 aromatic rings. The van der Waals surface area contributed by atoms with Crippen LogP contribution in [0, 0.1) is 5.92 Å². The number of esters is 1. The van der Waals surface area contributed by atoms with Crippen molar-refractivity contribution in [2.75, 3.05) is 21.3 Å². The lowest BCUT2D eigenvalue weighted by atomic mass is 10.0. The number of nitrogens with one attached hydrogen (secondary N) is 1. The molecule has 34 heavy (non-hydrogen) atoms. The molecule has 1 aromatic heterocycles. The molecule has 0 bridgehead atoms. The molecule has 0 radical (unpaired) electrons. The summed E-state index contributed by atoms with van der Waals surface area (Å²) in [5.41, 5.74) is 1.51. The van der Waals surface area contributed by atoms with Gasteiger partial charge in [-0.2, -0.15) is 0 Å². The number of oxazole rings is 1. The van der Waals surface area contributed by atoms with Gasteiger partial charge in [-0.3, -0.25) is 4.79 Å². The molecule has 0 aliphatic carbocycles. The van der Waals surface area contributed by atoms with Gasteiger partial charge in [-0.25, -0.2) is 9.78 Å². The van der Waals surface area contributed by atoms with Crippen molar-refractivity contribution in [2.45, 2.75) is 26.5 Å². The Hall–Kier alpha value is -4.01. The fourth-order valence-corrected chi connectivity index (χ4v) is 3.14. The van der Waals surface area contributed by atoms with Gasteiger partial charge in [-0.15, -0.1) is 0 Å². The first-order chi connectivity index (χ1) is 16.3. The number of nitrogens with zero attached hydrogens (tertiary/aromatic N) is 1. The summed E-state index contributed by atoms with van der Waals surface area (Å²) in [4.78, 5) is 29.9. The second kappa shape index (κ2) is 11.2. The SMILES string of the molecule is COc1ccc(-c2nc(COC(=O)[C@@H](NC(=O)c3cc(OC)cc(OC)c3)C(C)C)co2)cc1. The third-order valence-electron chi connectivity index (χ3n) is 5.07. The van der Waals surface area contributed by atoms with Crippen molar-refractivity contribution in [1.29, 1.82) is 0 Å². The Bertz CT molecular complexity index is 1100. The van der Waals surface area contributed by atoms with Gasteiger partial charge in [0.1, 0.15) is 41.9 Å². The number of hydrogen-bond acceptors (Lipinski definition) is 8. The summed E-state index contributed by atoms with van der Waals surface area (Å²) in [6.07, 6.45) is 1.43. The molecule has 1 N–H and O–H groups in total. The average molecular weight is 469 g/mol. The van der Waals surface area contributed by atoms with Crippen LogP contribution < -0.4 is 19.5 Å². The summed E-state index contributed by atoms with van der Waals surface area (Å²) in [5, 5.41) is 2.73. The molecule has 9 heteroatoms. The normalized spacial score (nSPS) is 11.6. The molecular formula is C25H28N2O7. The van der Waals surface area contributed by atoms with Crippen LogP contribution in [-0.4, -0.2) is 44.2 Å². The molecule has 0 saturated carbocycles. The quantitative estimate of drug-likeness (QED) is 0.447. The van der Waals surface area contributed by atoms with Crippen molar-refractivity contribution in [3.8, 4) is 28.7 Å². The van der Waals surface area contributed by atoms with Crippen molar-refractivity contribution < 1.29 is 33.0 Å². The zero-order chi connectivity index (χ0) is 24.7. The maximum absolute atomic E-state index is 12.8. The van der Waals surface area contributed by atoms with Gasteiger partial charge in [-0.1, -0.05) is 13.8 Å². The van der Waals surface area contributed by atoms with Gasteiger partial charge in [0.2, 0.25) is 5.89 Å². The van der Waals surface area contributed by atoms with E-state index in [0.717, 1.165) is 11.3 Å². The minimum absolute atomic E-state index is 0.0927. The van der Waals surface area contributed by atoms with Crippen LogP contribution >= 0.6 is 0 Å². The Labute approximate surface area is 198 Å². The first-order valence-corrected chi connectivity index (χ1v) is 10.6. The predicted molar refractivity (Wildman–Crippen MR) is 124 cm³/mol. The molecule has 1 heterocycles. The van der Waals surface area contributed by atoms with Crippen molar-refractivity contribution in [1.82, 2.24) is 10.3 Å². The summed E-state index contributed by atoms with van der Waals surface area (Å²) >= 11 is 0. The van der Waals surface area contributed by atoms with E-state index < -0.39 is 17.9 Å². The molecule has 2 aromatic carbocycles. The monoisotopic (exact) mass is 468 g/mol. The second-order valence-corrected chi connectivity index (χ2v) is 7.78. The average Bonchev–Trinajstić information content (AvgIpc) is 3.34. The highest BCUT2D eigenvalue weighted by atomic mass is 16.5. The van der Waals surface area contributed by atoms with Crippen LogP contribution in [0.4, 0.5) is 0 Å². The number of ether oxygens (including phenoxy) is 4. The van der Waals surface area contributed by atoms with Crippen LogP contribution in [0.2, 0.25) is 0 Å². The van der Waals surface area contributed by atoms with E-state index >= 15 is 0 Å². The summed E-state index contributed by atoms with van der Waals surface area (Å²) in [7, 11) is 4.58. The minimum atomic E-state index is -0.863. The molecular weight excluding hydrogens is 440 g/mol.